The third-order valence-corrected chi connectivity index (χ3v) is 7.46. The predicted molar refractivity (Wildman–Crippen MR) is 168 cm³/mol. The van der Waals surface area contributed by atoms with Crippen LogP contribution < -0.4 is 25.8 Å². The molecule has 4 aromatic carbocycles. The van der Waals surface area contributed by atoms with Gasteiger partial charge in [0.05, 0.1) is 35.5 Å². The molecule has 9 nitrogen and oxygen atoms in total. The molecule has 0 saturated heterocycles. The molecule has 0 aliphatic heterocycles. The lowest BCUT2D eigenvalue weighted by Gasteiger charge is -2.22. The van der Waals surface area contributed by atoms with Gasteiger partial charge in [-0.15, -0.1) is 0 Å². The van der Waals surface area contributed by atoms with Gasteiger partial charge < -0.3 is 30.9 Å². The quantitative estimate of drug-likeness (QED) is 0.141. The van der Waals surface area contributed by atoms with Crippen molar-refractivity contribution in [2.24, 2.45) is 5.73 Å². The average Bonchev–Trinajstić information content (AvgIpc) is 3.42. The second kappa shape index (κ2) is 13.1. The Bertz CT molecular complexity index is 1720. The summed E-state index contributed by atoms with van der Waals surface area (Å²) in [6.07, 6.45) is 0. The van der Waals surface area contributed by atoms with Gasteiger partial charge in [-0.2, -0.15) is 5.10 Å². The number of fused-ring (bicyclic) bond motifs is 2. The first-order valence-corrected chi connectivity index (χ1v) is 14.5. The van der Waals surface area contributed by atoms with Crippen molar-refractivity contribution >= 4 is 22.4 Å². The fraction of sp³-hybridized carbons (Fsp3) is 0.235. The Morgan fingerprint density at radius 3 is 2.07 bits per heavy atom. The predicted octanol–water partition coefficient (Wildman–Crippen LogP) is 4.36. The van der Waals surface area contributed by atoms with E-state index in [2.05, 4.69) is 10.6 Å². The molecule has 1 heterocycles. The maximum absolute atomic E-state index is 14.3. The molecule has 5 N–H and O–H groups in total. The van der Waals surface area contributed by atoms with Crippen molar-refractivity contribution in [3.8, 4) is 22.8 Å². The van der Waals surface area contributed by atoms with Gasteiger partial charge in [-0.3, -0.25) is 9.48 Å². The van der Waals surface area contributed by atoms with Crippen molar-refractivity contribution in [2.45, 2.75) is 19.8 Å². The molecule has 0 bridgehead atoms. The first-order valence-electron chi connectivity index (χ1n) is 14.5. The molecule has 1 aliphatic rings. The number of anilines is 1. The zero-order chi connectivity index (χ0) is 29.6. The van der Waals surface area contributed by atoms with E-state index in [0.29, 0.717) is 60.2 Å². The highest BCUT2D eigenvalue weighted by molar-refractivity contribution is 6.28. The molecule has 0 amide bonds. The van der Waals surface area contributed by atoms with E-state index in [-0.39, 0.29) is 18.9 Å². The summed E-state index contributed by atoms with van der Waals surface area (Å²) in [6.45, 7) is 3.49. The van der Waals surface area contributed by atoms with Gasteiger partial charge in [0.15, 0.2) is 5.78 Å². The minimum absolute atomic E-state index is 0.101. The standard InChI is InChI=1S/C34H35N5O4/c35-15-16-36-17-18-37-26-12-11-25-29-32(38-39(19-20-40)33(26)29)30-27(42-21-23-7-3-1-4-8-23)13-14-28(31(30)34(25)41)43-22-24-9-5-2-6-10-24/h1-14,36-37,40H,15-22,35H2. The Labute approximate surface area is 250 Å². The molecular weight excluding hydrogens is 542 g/mol. The molecule has 0 unspecified atom stereocenters. The number of carbonyl (C=O) groups is 1. The molecule has 5 aromatic rings. The van der Waals surface area contributed by atoms with Gasteiger partial charge >= 0.3 is 0 Å². The number of hydrogen-bond acceptors (Lipinski definition) is 8. The van der Waals surface area contributed by atoms with E-state index >= 15 is 0 Å². The Morgan fingerprint density at radius 2 is 1.44 bits per heavy atom. The monoisotopic (exact) mass is 577 g/mol. The van der Waals surface area contributed by atoms with Crippen molar-refractivity contribution in [1.29, 1.82) is 0 Å². The van der Waals surface area contributed by atoms with Crippen LogP contribution in [0.5, 0.6) is 11.5 Å². The maximum atomic E-state index is 14.3. The zero-order valence-corrected chi connectivity index (χ0v) is 23.9. The summed E-state index contributed by atoms with van der Waals surface area (Å²) < 4.78 is 14.4. The Morgan fingerprint density at radius 1 is 0.791 bits per heavy atom. The highest BCUT2D eigenvalue weighted by Crippen LogP contribution is 2.48. The molecule has 1 aromatic heterocycles. The minimum Gasteiger partial charge on any atom is -0.488 e. The smallest absolute Gasteiger partial charge is 0.198 e. The largest absolute Gasteiger partial charge is 0.488 e. The topological polar surface area (TPSA) is 124 Å². The van der Waals surface area contributed by atoms with E-state index in [1.165, 1.54) is 0 Å². The summed E-state index contributed by atoms with van der Waals surface area (Å²) in [5.74, 6) is 0.866. The van der Waals surface area contributed by atoms with E-state index in [4.69, 9.17) is 20.3 Å². The van der Waals surface area contributed by atoms with E-state index in [0.717, 1.165) is 40.8 Å². The van der Waals surface area contributed by atoms with Gasteiger partial charge in [0.1, 0.15) is 30.4 Å². The van der Waals surface area contributed by atoms with Crippen LogP contribution in [0, 0.1) is 0 Å². The zero-order valence-electron chi connectivity index (χ0n) is 23.9. The third-order valence-electron chi connectivity index (χ3n) is 7.46. The van der Waals surface area contributed by atoms with Crippen molar-refractivity contribution in [2.75, 3.05) is 38.1 Å². The Balaban J connectivity index is 1.46. The average molecular weight is 578 g/mol. The molecule has 6 rings (SSSR count). The first-order chi connectivity index (χ1) is 21.2. The van der Waals surface area contributed by atoms with Gasteiger partial charge in [0.2, 0.25) is 0 Å². The van der Waals surface area contributed by atoms with E-state index < -0.39 is 0 Å². The summed E-state index contributed by atoms with van der Waals surface area (Å²) in [6, 6.07) is 27.1. The summed E-state index contributed by atoms with van der Waals surface area (Å²) in [5, 5.41) is 22.4. The first kappa shape index (κ1) is 28.4. The normalized spacial score (nSPS) is 11.9. The molecule has 220 valence electrons. The van der Waals surface area contributed by atoms with Crippen LogP contribution in [0.2, 0.25) is 0 Å². The van der Waals surface area contributed by atoms with E-state index in [9.17, 15) is 9.90 Å². The number of rotatable bonds is 14. The van der Waals surface area contributed by atoms with Crippen molar-refractivity contribution in [1.82, 2.24) is 15.1 Å². The Kier molecular flexibility index (Phi) is 8.65. The summed E-state index contributed by atoms with van der Waals surface area (Å²) >= 11 is 0. The number of nitrogens with two attached hydrogens (primary N) is 1. The van der Waals surface area contributed by atoms with Crippen LogP contribution >= 0.6 is 0 Å². The molecule has 9 heteroatoms. The molecule has 0 radical (unpaired) electrons. The van der Waals surface area contributed by atoms with Crippen LogP contribution in [0.1, 0.15) is 27.0 Å². The number of hydrogen-bond donors (Lipinski definition) is 4. The number of carbonyl (C=O) groups excluding carboxylic acids is 1. The van der Waals surface area contributed by atoms with Gasteiger partial charge in [0, 0.05) is 37.1 Å². The number of aliphatic hydroxyl groups excluding tert-OH is 1. The van der Waals surface area contributed by atoms with Crippen LogP contribution in [-0.4, -0.2) is 53.5 Å². The van der Waals surface area contributed by atoms with Gasteiger partial charge in [-0.1, -0.05) is 60.7 Å². The van der Waals surface area contributed by atoms with Crippen LogP contribution in [0.15, 0.2) is 84.9 Å². The highest BCUT2D eigenvalue weighted by atomic mass is 16.5. The molecule has 0 saturated carbocycles. The SMILES string of the molecule is NCCNCCNc1ccc2c3c(nn(CCO)c13)-c1c(OCc3ccccc3)ccc(OCc3ccccc3)c1C2=O. The lowest BCUT2D eigenvalue weighted by molar-refractivity contribution is 0.103. The fourth-order valence-corrected chi connectivity index (χ4v) is 5.47. The van der Waals surface area contributed by atoms with Crippen LogP contribution in [-0.2, 0) is 19.8 Å². The van der Waals surface area contributed by atoms with Gasteiger partial charge in [-0.05, 0) is 35.4 Å². The number of ether oxygens (including phenoxy) is 2. The number of nitrogens with zero attached hydrogens (tertiary/aromatic N) is 2. The number of ketones is 1. The molecule has 0 spiro atoms. The number of nitrogens with one attached hydrogen (secondary N) is 2. The maximum Gasteiger partial charge on any atom is 0.198 e. The number of benzene rings is 4. The third kappa shape index (κ3) is 5.83. The van der Waals surface area contributed by atoms with Crippen molar-refractivity contribution < 1.29 is 19.4 Å². The molecular formula is C34H35N5O4. The second-order valence-corrected chi connectivity index (χ2v) is 10.3. The molecule has 0 fully saturated rings. The molecule has 0 atom stereocenters. The number of aliphatic hydroxyl groups is 1. The highest BCUT2D eigenvalue weighted by Gasteiger charge is 2.35. The lowest BCUT2D eigenvalue weighted by Crippen LogP contribution is -2.27. The lowest BCUT2D eigenvalue weighted by atomic mass is 9.86. The molecule has 43 heavy (non-hydrogen) atoms. The number of aromatic nitrogens is 2. The van der Waals surface area contributed by atoms with E-state index in [1.54, 1.807) is 10.7 Å². The molecule has 1 aliphatic carbocycles. The fourth-order valence-electron chi connectivity index (χ4n) is 5.47. The van der Waals surface area contributed by atoms with Gasteiger partial charge in [-0.25, -0.2) is 0 Å². The second-order valence-electron chi connectivity index (χ2n) is 10.3. The van der Waals surface area contributed by atoms with Crippen molar-refractivity contribution in [3.05, 3.63) is 107 Å². The van der Waals surface area contributed by atoms with E-state index in [1.807, 2.05) is 78.9 Å². The van der Waals surface area contributed by atoms with Crippen LogP contribution in [0.3, 0.4) is 0 Å². The summed E-state index contributed by atoms with van der Waals surface area (Å²) in [4.78, 5) is 14.3. The minimum atomic E-state index is -0.152. The Hall–Kier alpha value is -4.70. The van der Waals surface area contributed by atoms with Crippen LogP contribution in [0.4, 0.5) is 5.69 Å². The van der Waals surface area contributed by atoms with Crippen LogP contribution in [0.25, 0.3) is 22.2 Å². The van der Waals surface area contributed by atoms with Gasteiger partial charge in [0.25, 0.3) is 0 Å². The van der Waals surface area contributed by atoms with Crippen molar-refractivity contribution in [3.63, 3.8) is 0 Å². The summed E-state index contributed by atoms with van der Waals surface area (Å²) in [5.41, 5.74) is 11.4. The summed E-state index contributed by atoms with van der Waals surface area (Å²) in [7, 11) is 0.